The Morgan fingerprint density at radius 3 is 2.96 bits per heavy atom. The van der Waals surface area contributed by atoms with Gasteiger partial charge in [0.1, 0.15) is 5.78 Å². The van der Waals surface area contributed by atoms with Gasteiger partial charge < -0.3 is 5.32 Å². The molecule has 1 aromatic carbocycles. The number of ketones is 1. The van der Waals surface area contributed by atoms with Gasteiger partial charge in [-0.05, 0) is 36.8 Å². The van der Waals surface area contributed by atoms with Gasteiger partial charge in [-0.3, -0.25) is 14.1 Å². The van der Waals surface area contributed by atoms with Gasteiger partial charge in [-0.1, -0.05) is 19.9 Å². The summed E-state index contributed by atoms with van der Waals surface area (Å²) < 4.78 is 26.4. The third-order valence-electron chi connectivity index (χ3n) is 5.94. The Kier molecular flexibility index (Phi) is 5.36. The zero-order valence-corrected chi connectivity index (χ0v) is 17.1. The molecule has 0 bridgehead atoms. The molecule has 3 atom stereocenters. The number of carbonyl (C=O) groups is 1. The molecule has 1 saturated carbocycles. The van der Waals surface area contributed by atoms with E-state index in [1.54, 1.807) is 6.07 Å². The molecule has 150 valence electrons. The van der Waals surface area contributed by atoms with Crippen LogP contribution >= 0.6 is 0 Å². The molecule has 0 spiro atoms. The molecule has 2 aromatic rings. The first-order valence-corrected chi connectivity index (χ1v) is 11.4. The maximum atomic E-state index is 14.7. The summed E-state index contributed by atoms with van der Waals surface area (Å²) >= 11 is 0. The molecule has 28 heavy (non-hydrogen) atoms. The van der Waals surface area contributed by atoms with Crippen LogP contribution in [0.2, 0.25) is 0 Å². The van der Waals surface area contributed by atoms with Crippen LogP contribution in [0.25, 0.3) is 0 Å². The predicted octanol–water partition coefficient (Wildman–Crippen LogP) is 4.55. The third-order valence-corrected chi connectivity index (χ3v) is 7.18. The minimum absolute atomic E-state index is 0.0988. The minimum Gasteiger partial charge on any atom is -0.336 e. The molecule has 2 N–H and O–H groups in total. The van der Waals surface area contributed by atoms with Crippen molar-refractivity contribution < 1.29 is 13.4 Å². The number of nitrogens with one attached hydrogen (secondary N) is 2. The van der Waals surface area contributed by atoms with E-state index in [2.05, 4.69) is 15.5 Å². The fourth-order valence-electron chi connectivity index (χ4n) is 4.25. The van der Waals surface area contributed by atoms with Crippen molar-refractivity contribution in [2.75, 3.05) is 5.32 Å². The van der Waals surface area contributed by atoms with E-state index < -0.39 is 10.8 Å². The van der Waals surface area contributed by atoms with Crippen LogP contribution in [0.1, 0.15) is 62.3 Å². The molecule has 5 nitrogen and oxygen atoms in total. The van der Waals surface area contributed by atoms with Crippen LogP contribution in [0, 0.1) is 17.7 Å². The lowest BCUT2D eigenvalue weighted by Crippen LogP contribution is -2.11. The summed E-state index contributed by atoms with van der Waals surface area (Å²) in [5.74, 6) is 2.19. The minimum atomic E-state index is -1.01. The zero-order valence-electron chi connectivity index (χ0n) is 16.3. The van der Waals surface area contributed by atoms with Crippen LogP contribution in [0.3, 0.4) is 0 Å². The second-order valence-electron chi connectivity index (χ2n) is 8.33. The Labute approximate surface area is 167 Å². The number of hydrogen-bond acceptors (Lipinski definition) is 4. The van der Waals surface area contributed by atoms with Gasteiger partial charge >= 0.3 is 0 Å². The number of halogens is 1. The fraction of sp³-hybridized carbons (Fsp3) is 0.524. The second kappa shape index (κ2) is 7.78. The van der Waals surface area contributed by atoms with Gasteiger partial charge in [0.25, 0.3) is 0 Å². The standard InChI is InChI=1S/C21H26FN3O2S/c1-12(2)19(26)8-13-3-4-14(7-13)18-9-20(25-24-18)23-17-6-5-15-10-28(27)11-16(15)21(17)22/h5-6,9,12-14H,3-4,7-8,10-11H2,1-2H3,(H2,23,24,25). The summed E-state index contributed by atoms with van der Waals surface area (Å²) in [4.78, 5) is 12.0. The number of nitrogens with zero attached hydrogens (tertiary/aromatic N) is 1. The fourth-order valence-corrected chi connectivity index (χ4v) is 5.60. The monoisotopic (exact) mass is 403 g/mol. The smallest absolute Gasteiger partial charge is 0.152 e. The number of carbonyl (C=O) groups excluding carboxylic acids is 1. The lowest BCUT2D eigenvalue weighted by atomic mass is 9.94. The highest BCUT2D eigenvalue weighted by Gasteiger charge is 2.29. The molecule has 0 radical (unpaired) electrons. The number of H-pyrrole nitrogens is 1. The van der Waals surface area contributed by atoms with Crippen molar-refractivity contribution in [1.82, 2.24) is 10.2 Å². The molecule has 0 amide bonds. The molecular weight excluding hydrogens is 377 g/mol. The average Bonchev–Trinajstić information content (AvgIpc) is 3.37. The van der Waals surface area contributed by atoms with E-state index in [4.69, 9.17) is 0 Å². The van der Waals surface area contributed by atoms with Gasteiger partial charge in [0, 0.05) is 52.1 Å². The van der Waals surface area contributed by atoms with Crippen LogP contribution in [-0.2, 0) is 27.1 Å². The molecule has 3 unspecified atom stereocenters. The average molecular weight is 404 g/mol. The molecule has 2 heterocycles. The maximum absolute atomic E-state index is 14.7. The van der Waals surface area contributed by atoms with Gasteiger partial charge in [-0.15, -0.1) is 0 Å². The van der Waals surface area contributed by atoms with E-state index in [1.165, 1.54) is 0 Å². The first kappa shape index (κ1) is 19.3. The molecule has 1 fully saturated rings. The third kappa shape index (κ3) is 3.90. The van der Waals surface area contributed by atoms with Crippen molar-refractivity contribution in [2.45, 2.75) is 57.0 Å². The van der Waals surface area contributed by atoms with Crippen LogP contribution in [0.5, 0.6) is 0 Å². The van der Waals surface area contributed by atoms with E-state index in [-0.39, 0.29) is 17.5 Å². The van der Waals surface area contributed by atoms with Gasteiger partial charge in [-0.25, -0.2) is 4.39 Å². The summed E-state index contributed by atoms with van der Waals surface area (Å²) in [6.45, 7) is 3.91. The molecule has 7 heteroatoms. The number of hydrogen-bond donors (Lipinski definition) is 2. The number of aromatic amines is 1. The zero-order chi connectivity index (χ0) is 19.8. The first-order valence-electron chi connectivity index (χ1n) is 9.91. The van der Waals surface area contributed by atoms with Crippen molar-refractivity contribution in [3.63, 3.8) is 0 Å². The Morgan fingerprint density at radius 2 is 2.18 bits per heavy atom. The molecule has 4 rings (SSSR count). The lowest BCUT2D eigenvalue weighted by molar-refractivity contribution is -0.122. The van der Waals surface area contributed by atoms with Crippen LogP contribution < -0.4 is 5.32 Å². The Hall–Kier alpha value is -2.02. The van der Waals surface area contributed by atoms with Crippen molar-refractivity contribution in [1.29, 1.82) is 0 Å². The SMILES string of the molecule is CC(C)C(=O)CC1CCC(c2cc(Nc3ccc4c(c3F)CS(=O)C4)n[nH]2)C1. The molecule has 2 aliphatic rings. The summed E-state index contributed by atoms with van der Waals surface area (Å²) in [6.07, 6.45) is 3.74. The highest BCUT2D eigenvalue weighted by Crippen LogP contribution is 2.40. The largest absolute Gasteiger partial charge is 0.336 e. The Balaban J connectivity index is 1.41. The van der Waals surface area contributed by atoms with E-state index >= 15 is 0 Å². The molecule has 1 aliphatic carbocycles. The number of anilines is 2. The second-order valence-corrected chi connectivity index (χ2v) is 9.78. The number of rotatable bonds is 6. The van der Waals surface area contributed by atoms with Crippen molar-refractivity contribution >= 4 is 28.1 Å². The van der Waals surface area contributed by atoms with Crippen LogP contribution in [-0.4, -0.2) is 20.2 Å². The van der Waals surface area contributed by atoms with Gasteiger partial charge in [0.15, 0.2) is 11.6 Å². The van der Waals surface area contributed by atoms with Gasteiger partial charge in [0.2, 0.25) is 0 Å². The van der Waals surface area contributed by atoms with Crippen LogP contribution in [0.15, 0.2) is 18.2 Å². The molecule has 1 aliphatic heterocycles. The highest BCUT2D eigenvalue weighted by molar-refractivity contribution is 7.83. The summed E-state index contributed by atoms with van der Waals surface area (Å²) in [6, 6.07) is 5.46. The van der Waals surface area contributed by atoms with Crippen molar-refractivity contribution in [2.24, 2.45) is 11.8 Å². The van der Waals surface area contributed by atoms with E-state index in [1.807, 2.05) is 26.0 Å². The maximum Gasteiger partial charge on any atom is 0.152 e. The van der Waals surface area contributed by atoms with Crippen LogP contribution in [0.4, 0.5) is 15.9 Å². The molecule has 0 saturated heterocycles. The van der Waals surface area contributed by atoms with E-state index in [0.717, 1.165) is 30.5 Å². The van der Waals surface area contributed by atoms with Crippen molar-refractivity contribution in [3.8, 4) is 0 Å². The first-order chi connectivity index (χ1) is 13.4. The topological polar surface area (TPSA) is 74.8 Å². The molecular formula is C21H26FN3O2S. The lowest BCUT2D eigenvalue weighted by Gasteiger charge is -2.11. The number of benzene rings is 1. The van der Waals surface area contributed by atoms with E-state index in [9.17, 15) is 13.4 Å². The Morgan fingerprint density at radius 1 is 1.36 bits per heavy atom. The number of Topliss-reactive ketones (excluding diaryl/α,β-unsaturated/α-hetero) is 1. The summed E-state index contributed by atoms with van der Waals surface area (Å²) in [5.41, 5.74) is 2.77. The quantitative estimate of drug-likeness (QED) is 0.742. The summed E-state index contributed by atoms with van der Waals surface area (Å²) in [7, 11) is -1.01. The van der Waals surface area contributed by atoms with Gasteiger partial charge in [-0.2, -0.15) is 5.10 Å². The molecule has 1 aromatic heterocycles. The Bertz CT molecular complexity index is 924. The van der Waals surface area contributed by atoms with Gasteiger partial charge in [0.05, 0.1) is 11.4 Å². The normalized spacial score (nSPS) is 23.9. The van der Waals surface area contributed by atoms with E-state index in [0.29, 0.717) is 46.9 Å². The summed E-state index contributed by atoms with van der Waals surface area (Å²) in [5, 5.41) is 10.4. The highest BCUT2D eigenvalue weighted by atomic mass is 32.2. The number of aromatic nitrogens is 2. The van der Waals surface area contributed by atoms with Crippen molar-refractivity contribution in [3.05, 3.63) is 40.8 Å². The predicted molar refractivity (Wildman–Crippen MR) is 108 cm³/mol. The number of fused-ring (bicyclic) bond motifs is 1.